The van der Waals surface area contributed by atoms with Crippen molar-refractivity contribution < 1.29 is 18.7 Å². The second-order valence-corrected chi connectivity index (χ2v) is 7.15. The summed E-state index contributed by atoms with van der Waals surface area (Å²) in [7, 11) is 3.01. The lowest BCUT2D eigenvalue weighted by Crippen LogP contribution is -2.34. The second-order valence-electron chi connectivity index (χ2n) is 6.15. The van der Waals surface area contributed by atoms with E-state index in [0.717, 1.165) is 5.56 Å². The Kier molecular flexibility index (Phi) is 5.71. The van der Waals surface area contributed by atoms with Gasteiger partial charge in [0.15, 0.2) is 10.8 Å². The van der Waals surface area contributed by atoms with Gasteiger partial charge < -0.3 is 14.1 Å². The van der Waals surface area contributed by atoms with Crippen LogP contribution in [-0.4, -0.2) is 42.5 Å². The molecule has 1 atom stereocenters. The number of rotatable bonds is 6. The molecule has 7 heteroatoms. The molecule has 1 amide bonds. The van der Waals surface area contributed by atoms with Crippen LogP contribution >= 0.6 is 11.3 Å². The number of aromatic nitrogens is 1. The molecule has 0 unspecified atom stereocenters. The molecule has 0 aliphatic rings. The molecule has 0 aliphatic heterocycles. The molecule has 3 aromatic rings. The lowest BCUT2D eigenvalue weighted by Gasteiger charge is -2.20. The van der Waals surface area contributed by atoms with Gasteiger partial charge in [-0.25, -0.2) is 4.98 Å². The maximum atomic E-state index is 13.1. The van der Waals surface area contributed by atoms with Crippen molar-refractivity contribution in [1.29, 1.82) is 0 Å². The van der Waals surface area contributed by atoms with Crippen molar-refractivity contribution in [3.8, 4) is 22.0 Å². The van der Waals surface area contributed by atoms with Crippen LogP contribution in [0.3, 0.4) is 0 Å². The number of esters is 1. The minimum absolute atomic E-state index is 0.195. The Morgan fingerprint density at radius 2 is 1.96 bits per heavy atom. The minimum atomic E-state index is -0.415. The van der Waals surface area contributed by atoms with Crippen molar-refractivity contribution in [3.05, 3.63) is 53.6 Å². The van der Waals surface area contributed by atoms with Gasteiger partial charge in [0.2, 0.25) is 0 Å². The molecule has 1 aromatic carbocycles. The fraction of sp³-hybridized carbons (Fsp3) is 0.250. The van der Waals surface area contributed by atoms with Crippen molar-refractivity contribution in [3.63, 3.8) is 0 Å². The topological polar surface area (TPSA) is 72.6 Å². The van der Waals surface area contributed by atoms with Crippen LogP contribution in [0.25, 0.3) is 22.0 Å². The Bertz CT molecular complexity index is 919. The third-order valence-corrected chi connectivity index (χ3v) is 5.16. The number of amides is 1. The number of furan rings is 1. The van der Waals surface area contributed by atoms with Gasteiger partial charge in [-0.3, -0.25) is 9.59 Å². The molecule has 0 spiro atoms. The van der Waals surface area contributed by atoms with Crippen molar-refractivity contribution >= 4 is 23.2 Å². The molecule has 140 valence electrons. The van der Waals surface area contributed by atoms with E-state index >= 15 is 0 Å². The molecule has 0 bridgehead atoms. The number of thiazole rings is 1. The molecule has 27 heavy (non-hydrogen) atoms. The SMILES string of the molecule is COC(=O)[C@H](C)CN(C)C(=O)c1sc(-c2ccco2)nc1-c1ccccc1. The van der Waals surface area contributed by atoms with Gasteiger partial charge in [-0.2, -0.15) is 0 Å². The van der Waals surface area contributed by atoms with Crippen LogP contribution in [0, 0.1) is 5.92 Å². The van der Waals surface area contributed by atoms with Gasteiger partial charge in [-0.05, 0) is 12.1 Å². The fourth-order valence-corrected chi connectivity index (χ4v) is 3.76. The number of hydrogen-bond donors (Lipinski definition) is 0. The quantitative estimate of drug-likeness (QED) is 0.602. The van der Waals surface area contributed by atoms with Crippen molar-refractivity contribution in [2.75, 3.05) is 20.7 Å². The predicted molar refractivity (Wildman–Crippen MR) is 103 cm³/mol. The van der Waals surface area contributed by atoms with Crippen LogP contribution in [0.2, 0.25) is 0 Å². The van der Waals surface area contributed by atoms with E-state index in [4.69, 9.17) is 9.15 Å². The van der Waals surface area contributed by atoms with Crippen molar-refractivity contribution in [2.24, 2.45) is 5.92 Å². The normalized spacial score (nSPS) is 11.8. The van der Waals surface area contributed by atoms with Crippen LogP contribution < -0.4 is 0 Å². The molecule has 0 fully saturated rings. The third-order valence-electron chi connectivity index (χ3n) is 4.10. The molecule has 0 saturated heterocycles. The number of carbonyl (C=O) groups excluding carboxylic acids is 2. The van der Waals surface area contributed by atoms with E-state index in [0.29, 0.717) is 21.3 Å². The first kappa shape index (κ1) is 18.8. The highest BCUT2D eigenvalue weighted by molar-refractivity contribution is 7.17. The summed E-state index contributed by atoms with van der Waals surface area (Å²) < 4.78 is 10.2. The molecule has 0 aliphatic carbocycles. The van der Waals surface area contributed by atoms with E-state index in [1.807, 2.05) is 36.4 Å². The van der Waals surface area contributed by atoms with Gasteiger partial charge in [0.25, 0.3) is 5.91 Å². The van der Waals surface area contributed by atoms with Gasteiger partial charge in [0.05, 0.1) is 25.0 Å². The number of carbonyl (C=O) groups is 2. The van der Waals surface area contributed by atoms with Crippen LogP contribution in [-0.2, 0) is 9.53 Å². The van der Waals surface area contributed by atoms with E-state index in [2.05, 4.69) is 4.98 Å². The summed E-state index contributed by atoms with van der Waals surface area (Å²) in [5.74, 6) is -0.346. The molecular weight excluding hydrogens is 364 g/mol. The van der Waals surface area contributed by atoms with Crippen LogP contribution in [0.1, 0.15) is 16.6 Å². The average molecular weight is 384 g/mol. The summed E-state index contributed by atoms with van der Waals surface area (Å²) in [6.45, 7) is 1.99. The third kappa shape index (κ3) is 4.09. The number of hydrogen-bond acceptors (Lipinski definition) is 6. The highest BCUT2D eigenvalue weighted by Gasteiger charge is 2.26. The minimum Gasteiger partial charge on any atom is -0.469 e. The molecule has 0 radical (unpaired) electrons. The number of benzene rings is 1. The summed E-state index contributed by atoms with van der Waals surface area (Å²) >= 11 is 1.28. The zero-order valence-electron chi connectivity index (χ0n) is 15.3. The summed E-state index contributed by atoms with van der Waals surface area (Å²) in [6, 6.07) is 13.1. The van der Waals surface area contributed by atoms with Gasteiger partial charge in [0.1, 0.15) is 4.88 Å². The largest absolute Gasteiger partial charge is 0.469 e. The van der Waals surface area contributed by atoms with Gasteiger partial charge in [-0.1, -0.05) is 37.3 Å². The predicted octanol–water partition coefficient (Wildman–Crippen LogP) is 3.95. The highest BCUT2D eigenvalue weighted by Crippen LogP contribution is 2.34. The Morgan fingerprint density at radius 3 is 2.59 bits per heavy atom. The van der Waals surface area contributed by atoms with Crippen LogP contribution in [0.5, 0.6) is 0 Å². The van der Waals surface area contributed by atoms with E-state index < -0.39 is 5.92 Å². The number of nitrogens with zero attached hydrogens (tertiary/aromatic N) is 2. The first-order valence-corrected chi connectivity index (χ1v) is 9.26. The number of methoxy groups -OCH3 is 1. The Morgan fingerprint density at radius 1 is 1.22 bits per heavy atom. The van der Waals surface area contributed by atoms with Crippen LogP contribution in [0.4, 0.5) is 0 Å². The van der Waals surface area contributed by atoms with Crippen LogP contribution in [0.15, 0.2) is 53.1 Å². The van der Waals surface area contributed by atoms with Gasteiger partial charge >= 0.3 is 5.97 Å². The highest BCUT2D eigenvalue weighted by atomic mass is 32.1. The molecule has 3 rings (SSSR count). The lowest BCUT2D eigenvalue weighted by atomic mass is 10.1. The summed E-state index contributed by atoms with van der Waals surface area (Å²) in [5.41, 5.74) is 1.46. The molecule has 0 N–H and O–H groups in total. The summed E-state index contributed by atoms with van der Waals surface area (Å²) in [4.78, 5) is 31.4. The van der Waals surface area contributed by atoms with Gasteiger partial charge in [-0.15, -0.1) is 11.3 Å². The average Bonchev–Trinajstić information content (AvgIpc) is 3.36. The zero-order chi connectivity index (χ0) is 19.4. The maximum Gasteiger partial charge on any atom is 0.310 e. The van der Waals surface area contributed by atoms with E-state index in [9.17, 15) is 9.59 Å². The second kappa shape index (κ2) is 8.18. The smallest absolute Gasteiger partial charge is 0.310 e. The standard InChI is InChI=1S/C20H20N2O4S/c1-13(20(24)25-3)12-22(2)19(23)17-16(14-8-5-4-6-9-14)21-18(27-17)15-10-7-11-26-15/h4-11,13H,12H2,1-3H3/t13-/m1/s1. The lowest BCUT2D eigenvalue weighted by molar-refractivity contribution is -0.145. The Hall–Kier alpha value is -2.93. The molecule has 0 saturated carbocycles. The van der Waals surface area contributed by atoms with Crippen molar-refractivity contribution in [2.45, 2.75) is 6.92 Å². The summed E-state index contributed by atoms with van der Waals surface area (Å²) in [6.07, 6.45) is 1.57. The molecule has 2 aromatic heterocycles. The zero-order valence-corrected chi connectivity index (χ0v) is 16.2. The number of ether oxygens (including phenoxy) is 1. The Labute approximate surface area is 161 Å². The summed E-state index contributed by atoms with van der Waals surface area (Å²) in [5, 5.41) is 0.636. The maximum absolute atomic E-state index is 13.1. The van der Waals surface area contributed by atoms with E-state index in [1.54, 1.807) is 26.3 Å². The molecular formula is C20H20N2O4S. The van der Waals surface area contributed by atoms with Gasteiger partial charge in [0, 0.05) is 19.2 Å². The molecule has 6 nitrogen and oxygen atoms in total. The molecule has 2 heterocycles. The van der Waals surface area contributed by atoms with E-state index in [1.165, 1.54) is 23.3 Å². The first-order valence-electron chi connectivity index (χ1n) is 8.44. The first-order chi connectivity index (χ1) is 13.0. The van der Waals surface area contributed by atoms with Crippen molar-refractivity contribution in [1.82, 2.24) is 9.88 Å². The Balaban J connectivity index is 1.95. The fourth-order valence-electron chi connectivity index (χ4n) is 2.71. The van der Waals surface area contributed by atoms with E-state index in [-0.39, 0.29) is 18.4 Å². The monoisotopic (exact) mass is 384 g/mol.